The lowest BCUT2D eigenvalue weighted by molar-refractivity contribution is 0.100. The molecule has 0 heterocycles. The molecule has 1 aromatic rings. The van der Waals surface area contributed by atoms with Gasteiger partial charge in [0.1, 0.15) is 0 Å². The van der Waals surface area contributed by atoms with E-state index in [0.717, 1.165) is 25.1 Å². The third-order valence-electron chi connectivity index (χ3n) is 3.21. The van der Waals surface area contributed by atoms with Crippen LogP contribution in [0.2, 0.25) is 5.02 Å². The summed E-state index contributed by atoms with van der Waals surface area (Å²) in [5.41, 5.74) is 6.50. The summed E-state index contributed by atoms with van der Waals surface area (Å²) in [6.45, 7) is 0.927. The van der Waals surface area contributed by atoms with Gasteiger partial charge in [-0.05, 0) is 43.4 Å². The van der Waals surface area contributed by atoms with Crippen molar-refractivity contribution in [3.8, 4) is 0 Å². The van der Waals surface area contributed by atoms with Crippen molar-refractivity contribution in [3.63, 3.8) is 0 Å². The summed E-state index contributed by atoms with van der Waals surface area (Å²) in [6.07, 6.45) is 7.97. The van der Waals surface area contributed by atoms with Crippen LogP contribution in [-0.4, -0.2) is 12.5 Å². The van der Waals surface area contributed by atoms with Crippen LogP contribution in [0.5, 0.6) is 0 Å². The SMILES string of the molecule is NC(=O)c1ccc(NCC2CC=CCC2)cc1Cl. The number of primary amides is 1. The summed E-state index contributed by atoms with van der Waals surface area (Å²) in [5, 5.41) is 3.75. The number of hydrogen-bond donors (Lipinski definition) is 2. The summed E-state index contributed by atoms with van der Waals surface area (Å²) < 4.78 is 0. The fourth-order valence-corrected chi connectivity index (χ4v) is 2.40. The number of hydrogen-bond acceptors (Lipinski definition) is 2. The average molecular weight is 265 g/mol. The molecule has 0 aromatic heterocycles. The quantitative estimate of drug-likeness (QED) is 0.821. The van der Waals surface area contributed by atoms with E-state index in [4.69, 9.17) is 17.3 Å². The highest BCUT2D eigenvalue weighted by molar-refractivity contribution is 6.34. The van der Waals surface area contributed by atoms with Crippen molar-refractivity contribution >= 4 is 23.2 Å². The summed E-state index contributed by atoms with van der Waals surface area (Å²) in [6, 6.07) is 5.25. The molecule has 96 valence electrons. The van der Waals surface area contributed by atoms with Crippen molar-refractivity contribution in [2.24, 2.45) is 11.7 Å². The molecule has 0 bridgehead atoms. The van der Waals surface area contributed by atoms with E-state index in [1.807, 2.05) is 6.07 Å². The highest BCUT2D eigenvalue weighted by Crippen LogP contribution is 2.22. The first-order chi connectivity index (χ1) is 8.66. The molecule has 3 N–H and O–H groups in total. The van der Waals surface area contributed by atoms with E-state index in [-0.39, 0.29) is 0 Å². The van der Waals surface area contributed by atoms with Crippen molar-refractivity contribution < 1.29 is 4.79 Å². The number of carbonyl (C=O) groups excluding carboxylic acids is 1. The largest absolute Gasteiger partial charge is 0.385 e. The van der Waals surface area contributed by atoms with Gasteiger partial charge in [0.05, 0.1) is 10.6 Å². The van der Waals surface area contributed by atoms with Gasteiger partial charge < -0.3 is 11.1 Å². The van der Waals surface area contributed by atoms with E-state index in [1.54, 1.807) is 12.1 Å². The van der Waals surface area contributed by atoms with E-state index in [9.17, 15) is 4.79 Å². The molecular weight excluding hydrogens is 248 g/mol. The van der Waals surface area contributed by atoms with Gasteiger partial charge in [0.2, 0.25) is 5.91 Å². The second-order valence-electron chi connectivity index (χ2n) is 4.59. The Morgan fingerprint density at radius 2 is 2.28 bits per heavy atom. The Morgan fingerprint density at radius 1 is 1.44 bits per heavy atom. The maximum Gasteiger partial charge on any atom is 0.250 e. The van der Waals surface area contributed by atoms with Gasteiger partial charge in [0.25, 0.3) is 0 Å². The molecule has 1 aliphatic carbocycles. The van der Waals surface area contributed by atoms with Gasteiger partial charge in [-0.15, -0.1) is 0 Å². The number of carbonyl (C=O) groups is 1. The molecular formula is C14H17ClN2O. The minimum Gasteiger partial charge on any atom is -0.385 e. The van der Waals surface area contributed by atoms with Crippen LogP contribution in [0.15, 0.2) is 30.4 Å². The Labute approximate surface area is 112 Å². The number of allylic oxidation sites excluding steroid dienone is 2. The zero-order valence-corrected chi connectivity index (χ0v) is 10.9. The van der Waals surface area contributed by atoms with Crippen molar-refractivity contribution in [1.82, 2.24) is 0 Å². The number of halogens is 1. The topological polar surface area (TPSA) is 55.1 Å². The minimum absolute atomic E-state index is 0.364. The Bertz CT molecular complexity index is 471. The van der Waals surface area contributed by atoms with Gasteiger partial charge in [0, 0.05) is 12.2 Å². The molecule has 0 saturated carbocycles. The zero-order chi connectivity index (χ0) is 13.0. The van der Waals surface area contributed by atoms with Crippen LogP contribution in [0.4, 0.5) is 5.69 Å². The van der Waals surface area contributed by atoms with Gasteiger partial charge in [-0.2, -0.15) is 0 Å². The van der Waals surface area contributed by atoms with Crippen molar-refractivity contribution in [1.29, 1.82) is 0 Å². The number of rotatable bonds is 4. The lowest BCUT2D eigenvalue weighted by atomic mass is 9.94. The number of nitrogens with one attached hydrogen (secondary N) is 1. The number of amides is 1. The highest BCUT2D eigenvalue weighted by atomic mass is 35.5. The monoisotopic (exact) mass is 264 g/mol. The molecule has 0 saturated heterocycles. The normalized spacial score (nSPS) is 18.6. The van der Waals surface area contributed by atoms with E-state index >= 15 is 0 Å². The molecule has 0 radical (unpaired) electrons. The fourth-order valence-electron chi connectivity index (χ4n) is 2.13. The molecule has 1 aliphatic rings. The molecule has 1 atom stereocenters. The first kappa shape index (κ1) is 13.0. The summed E-state index contributed by atoms with van der Waals surface area (Å²) >= 11 is 5.99. The van der Waals surface area contributed by atoms with Crippen LogP contribution in [0.1, 0.15) is 29.6 Å². The van der Waals surface area contributed by atoms with Crippen LogP contribution in [0, 0.1) is 5.92 Å². The Balaban J connectivity index is 1.95. The predicted molar refractivity (Wildman–Crippen MR) is 74.9 cm³/mol. The number of anilines is 1. The van der Waals surface area contributed by atoms with Crippen LogP contribution in [-0.2, 0) is 0 Å². The third-order valence-corrected chi connectivity index (χ3v) is 3.52. The van der Waals surface area contributed by atoms with Gasteiger partial charge in [-0.25, -0.2) is 0 Å². The van der Waals surface area contributed by atoms with Gasteiger partial charge in [-0.1, -0.05) is 23.8 Å². The summed E-state index contributed by atoms with van der Waals surface area (Å²) in [7, 11) is 0. The predicted octanol–water partition coefficient (Wildman–Crippen LogP) is 3.21. The zero-order valence-electron chi connectivity index (χ0n) is 10.2. The van der Waals surface area contributed by atoms with Crippen LogP contribution >= 0.6 is 11.6 Å². The van der Waals surface area contributed by atoms with Gasteiger partial charge in [-0.3, -0.25) is 4.79 Å². The molecule has 0 aliphatic heterocycles. The second-order valence-corrected chi connectivity index (χ2v) is 5.00. The molecule has 4 heteroatoms. The smallest absolute Gasteiger partial charge is 0.250 e. The summed E-state index contributed by atoms with van der Waals surface area (Å²) in [5.74, 6) is 0.175. The summed E-state index contributed by atoms with van der Waals surface area (Å²) in [4.78, 5) is 11.0. The van der Waals surface area contributed by atoms with Crippen molar-refractivity contribution in [2.45, 2.75) is 19.3 Å². The van der Waals surface area contributed by atoms with E-state index in [0.29, 0.717) is 16.5 Å². The van der Waals surface area contributed by atoms with E-state index in [1.165, 1.54) is 6.42 Å². The molecule has 1 aromatic carbocycles. The van der Waals surface area contributed by atoms with Crippen LogP contribution < -0.4 is 11.1 Å². The first-order valence-corrected chi connectivity index (χ1v) is 6.53. The van der Waals surface area contributed by atoms with Crippen molar-refractivity contribution in [2.75, 3.05) is 11.9 Å². The molecule has 3 nitrogen and oxygen atoms in total. The molecule has 1 unspecified atom stereocenters. The molecule has 0 spiro atoms. The molecule has 1 amide bonds. The minimum atomic E-state index is -0.496. The van der Waals surface area contributed by atoms with E-state index < -0.39 is 5.91 Å². The number of benzene rings is 1. The lowest BCUT2D eigenvalue weighted by Crippen LogP contribution is -2.16. The number of nitrogens with two attached hydrogens (primary N) is 1. The van der Waals surface area contributed by atoms with Crippen LogP contribution in [0.3, 0.4) is 0 Å². The lowest BCUT2D eigenvalue weighted by Gasteiger charge is -2.19. The first-order valence-electron chi connectivity index (χ1n) is 6.15. The Morgan fingerprint density at radius 3 is 2.89 bits per heavy atom. The van der Waals surface area contributed by atoms with Crippen LogP contribution in [0.25, 0.3) is 0 Å². The highest BCUT2D eigenvalue weighted by Gasteiger charge is 2.10. The molecule has 0 fully saturated rings. The van der Waals surface area contributed by atoms with E-state index in [2.05, 4.69) is 17.5 Å². The average Bonchev–Trinajstić information content (AvgIpc) is 2.37. The third kappa shape index (κ3) is 3.26. The van der Waals surface area contributed by atoms with Gasteiger partial charge >= 0.3 is 0 Å². The maximum atomic E-state index is 11.0. The second kappa shape index (κ2) is 5.91. The standard InChI is InChI=1S/C14H17ClN2O/c15-13-8-11(6-7-12(13)14(16)18)17-9-10-4-2-1-3-5-10/h1-2,6-8,10,17H,3-5,9H2,(H2,16,18). The fraction of sp³-hybridized carbons (Fsp3) is 0.357. The maximum absolute atomic E-state index is 11.0. The van der Waals surface area contributed by atoms with Crippen molar-refractivity contribution in [3.05, 3.63) is 40.9 Å². The molecule has 2 rings (SSSR count). The Hall–Kier alpha value is -1.48. The van der Waals surface area contributed by atoms with Gasteiger partial charge in [0.15, 0.2) is 0 Å². The molecule has 18 heavy (non-hydrogen) atoms. The Kier molecular flexibility index (Phi) is 4.26.